The Labute approximate surface area is 106 Å². The summed E-state index contributed by atoms with van der Waals surface area (Å²) in [4.78, 5) is 10.8. The van der Waals surface area contributed by atoms with Crippen LogP contribution in [0.2, 0.25) is 5.02 Å². The van der Waals surface area contributed by atoms with E-state index in [4.69, 9.17) is 11.6 Å². The number of halogens is 1. The second-order valence-corrected chi connectivity index (χ2v) is 4.59. The van der Waals surface area contributed by atoms with Gasteiger partial charge in [-0.2, -0.15) is 0 Å². The topological polar surface area (TPSA) is 17.1 Å². The fourth-order valence-electron chi connectivity index (χ4n) is 2.14. The highest BCUT2D eigenvalue weighted by Gasteiger charge is 2.07. The number of hydrogen-bond acceptors (Lipinski definition) is 1. The van der Waals surface area contributed by atoms with Crippen LogP contribution in [-0.2, 0) is 0 Å². The van der Waals surface area contributed by atoms with Crippen LogP contribution in [0.15, 0.2) is 36.4 Å². The van der Waals surface area contributed by atoms with Crippen molar-refractivity contribution in [1.82, 2.24) is 0 Å². The van der Waals surface area contributed by atoms with Crippen LogP contribution in [0, 0.1) is 13.8 Å². The Morgan fingerprint density at radius 2 is 1.53 bits per heavy atom. The summed E-state index contributed by atoms with van der Waals surface area (Å²) in [6, 6.07) is 11.6. The molecule has 0 aromatic heterocycles. The minimum Gasteiger partial charge on any atom is -0.298 e. The molecule has 2 rings (SSSR count). The van der Waals surface area contributed by atoms with Crippen molar-refractivity contribution in [3.8, 4) is 11.1 Å². The van der Waals surface area contributed by atoms with E-state index in [1.807, 2.05) is 50.2 Å². The second-order valence-electron chi connectivity index (χ2n) is 4.15. The van der Waals surface area contributed by atoms with Gasteiger partial charge in [0.05, 0.1) is 0 Å². The van der Waals surface area contributed by atoms with Crippen LogP contribution >= 0.6 is 11.6 Å². The summed E-state index contributed by atoms with van der Waals surface area (Å²) in [5.41, 5.74) is 5.23. The Morgan fingerprint density at radius 3 is 2.00 bits per heavy atom. The standard InChI is InChI=1S/C15H13ClO/c1-10-7-12(9-17)8-11(2)15(10)13-3-5-14(16)6-4-13/h3-9H,1-2H3. The molecule has 2 heteroatoms. The lowest BCUT2D eigenvalue weighted by molar-refractivity contribution is 0.112. The van der Waals surface area contributed by atoms with E-state index in [0.29, 0.717) is 0 Å². The average Bonchev–Trinajstić information content (AvgIpc) is 2.30. The highest BCUT2D eigenvalue weighted by molar-refractivity contribution is 6.30. The van der Waals surface area contributed by atoms with Gasteiger partial charge < -0.3 is 0 Å². The van der Waals surface area contributed by atoms with Gasteiger partial charge in [0.25, 0.3) is 0 Å². The van der Waals surface area contributed by atoms with Crippen LogP contribution in [0.1, 0.15) is 21.5 Å². The summed E-state index contributed by atoms with van der Waals surface area (Å²) in [7, 11) is 0. The number of benzene rings is 2. The SMILES string of the molecule is Cc1cc(C=O)cc(C)c1-c1ccc(Cl)cc1. The van der Waals surface area contributed by atoms with Crippen molar-refractivity contribution in [2.24, 2.45) is 0 Å². The molecule has 0 saturated carbocycles. The van der Waals surface area contributed by atoms with E-state index >= 15 is 0 Å². The molecule has 0 fully saturated rings. The summed E-state index contributed by atoms with van der Waals surface area (Å²) in [5.74, 6) is 0. The average molecular weight is 245 g/mol. The highest BCUT2D eigenvalue weighted by Crippen LogP contribution is 2.28. The first kappa shape index (κ1) is 11.9. The highest BCUT2D eigenvalue weighted by atomic mass is 35.5. The van der Waals surface area contributed by atoms with Crippen LogP contribution in [0.4, 0.5) is 0 Å². The van der Waals surface area contributed by atoms with Gasteiger partial charge in [-0.1, -0.05) is 23.7 Å². The van der Waals surface area contributed by atoms with E-state index in [9.17, 15) is 4.79 Å². The smallest absolute Gasteiger partial charge is 0.150 e. The van der Waals surface area contributed by atoms with E-state index in [-0.39, 0.29) is 0 Å². The van der Waals surface area contributed by atoms with Gasteiger partial charge in [0, 0.05) is 10.6 Å². The molecule has 0 aliphatic heterocycles. The van der Waals surface area contributed by atoms with Gasteiger partial charge in [-0.15, -0.1) is 0 Å². The maximum atomic E-state index is 10.8. The van der Waals surface area contributed by atoms with Crippen molar-refractivity contribution in [3.05, 3.63) is 58.1 Å². The molecule has 0 aliphatic carbocycles. The van der Waals surface area contributed by atoms with Crippen LogP contribution in [0.5, 0.6) is 0 Å². The first-order valence-electron chi connectivity index (χ1n) is 5.44. The largest absolute Gasteiger partial charge is 0.298 e. The van der Waals surface area contributed by atoms with E-state index < -0.39 is 0 Å². The van der Waals surface area contributed by atoms with E-state index in [1.54, 1.807) is 0 Å². The fourth-order valence-corrected chi connectivity index (χ4v) is 2.26. The summed E-state index contributed by atoms with van der Waals surface area (Å²) < 4.78 is 0. The molecule has 17 heavy (non-hydrogen) atoms. The molecule has 0 amide bonds. The maximum absolute atomic E-state index is 10.8. The molecule has 0 aliphatic rings. The number of rotatable bonds is 2. The van der Waals surface area contributed by atoms with Crippen molar-refractivity contribution in [1.29, 1.82) is 0 Å². The lowest BCUT2D eigenvalue weighted by Crippen LogP contribution is -1.91. The van der Waals surface area contributed by atoms with Crippen molar-refractivity contribution >= 4 is 17.9 Å². The van der Waals surface area contributed by atoms with E-state index in [2.05, 4.69) is 0 Å². The van der Waals surface area contributed by atoms with Crippen molar-refractivity contribution in [2.75, 3.05) is 0 Å². The molecule has 0 radical (unpaired) electrons. The summed E-state index contributed by atoms with van der Waals surface area (Å²) in [6.07, 6.45) is 0.881. The minimum atomic E-state index is 0.720. The third-order valence-electron chi connectivity index (χ3n) is 2.82. The molecular weight excluding hydrogens is 232 g/mol. The normalized spacial score (nSPS) is 10.3. The predicted molar refractivity (Wildman–Crippen MR) is 71.7 cm³/mol. The van der Waals surface area contributed by atoms with Crippen LogP contribution in [0.25, 0.3) is 11.1 Å². The Morgan fingerprint density at radius 1 is 1.00 bits per heavy atom. The fraction of sp³-hybridized carbons (Fsp3) is 0.133. The Kier molecular flexibility index (Phi) is 3.30. The molecule has 2 aromatic carbocycles. The Bertz CT molecular complexity index is 533. The van der Waals surface area contributed by atoms with Gasteiger partial charge in [-0.3, -0.25) is 4.79 Å². The van der Waals surface area contributed by atoms with Gasteiger partial charge >= 0.3 is 0 Å². The Balaban J connectivity index is 2.59. The molecule has 86 valence electrons. The summed E-state index contributed by atoms with van der Waals surface area (Å²) >= 11 is 5.88. The third-order valence-corrected chi connectivity index (χ3v) is 3.08. The van der Waals surface area contributed by atoms with Crippen molar-refractivity contribution < 1.29 is 4.79 Å². The quantitative estimate of drug-likeness (QED) is 0.714. The van der Waals surface area contributed by atoms with Crippen molar-refractivity contribution in [2.45, 2.75) is 13.8 Å². The number of carbonyl (C=O) groups excluding carboxylic acids is 1. The zero-order valence-electron chi connectivity index (χ0n) is 9.83. The van der Waals surface area contributed by atoms with Crippen molar-refractivity contribution in [3.63, 3.8) is 0 Å². The zero-order chi connectivity index (χ0) is 12.4. The van der Waals surface area contributed by atoms with Crippen LogP contribution < -0.4 is 0 Å². The van der Waals surface area contributed by atoms with E-state index in [1.165, 1.54) is 5.56 Å². The molecule has 1 nitrogen and oxygen atoms in total. The molecule has 0 atom stereocenters. The predicted octanol–water partition coefficient (Wildman–Crippen LogP) is 4.44. The lowest BCUT2D eigenvalue weighted by atomic mass is 9.94. The number of carbonyl (C=O) groups is 1. The molecule has 0 bridgehead atoms. The minimum absolute atomic E-state index is 0.720. The zero-order valence-corrected chi connectivity index (χ0v) is 10.6. The van der Waals surface area contributed by atoms with Gasteiger partial charge in [0.1, 0.15) is 6.29 Å². The second kappa shape index (κ2) is 4.72. The van der Waals surface area contributed by atoms with Crippen LogP contribution in [0.3, 0.4) is 0 Å². The van der Waals surface area contributed by atoms with Gasteiger partial charge in [-0.05, 0) is 60.4 Å². The molecular formula is C15H13ClO. The lowest BCUT2D eigenvalue weighted by Gasteiger charge is -2.11. The molecule has 0 saturated heterocycles. The van der Waals surface area contributed by atoms with Crippen LogP contribution in [-0.4, -0.2) is 6.29 Å². The number of aldehydes is 1. The monoisotopic (exact) mass is 244 g/mol. The van der Waals surface area contributed by atoms with Gasteiger partial charge in [0.2, 0.25) is 0 Å². The number of aryl methyl sites for hydroxylation is 2. The first-order chi connectivity index (χ1) is 8.11. The molecule has 2 aromatic rings. The molecule has 0 N–H and O–H groups in total. The Hall–Kier alpha value is -1.60. The first-order valence-corrected chi connectivity index (χ1v) is 5.82. The third kappa shape index (κ3) is 2.40. The van der Waals surface area contributed by atoms with Gasteiger partial charge in [0.15, 0.2) is 0 Å². The maximum Gasteiger partial charge on any atom is 0.150 e. The number of hydrogen-bond donors (Lipinski definition) is 0. The summed E-state index contributed by atoms with van der Waals surface area (Å²) in [5, 5.41) is 0.730. The van der Waals surface area contributed by atoms with Gasteiger partial charge in [-0.25, -0.2) is 0 Å². The summed E-state index contributed by atoms with van der Waals surface area (Å²) in [6.45, 7) is 4.04. The van der Waals surface area contributed by atoms with E-state index in [0.717, 1.165) is 33.6 Å². The molecule has 0 unspecified atom stereocenters. The molecule has 0 heterocycles. The molecule has 0 spiro atoms.